The molecule has 0 saturated carbocycles. The van der Waals surface area contributed by atoms with Crippen molar-refractivity contribution in [1.29, 1.82) is 0 Å². The predicted molar refractivity (Wildman–Crippen MR) is 78.5 cm³/mol. The zero-order valence-electron chi connectivity index (χ0n) is 11.8. The molecule has 0 spiro atoms. The lowest BCUT2D eigenvalue weighted by atomic mass is 10.1. The van der Waals surface area contributed by atoms with Crippen molar-refractivity contribution in [2.45, 2.75) is 36.5 Å². The van der Waals surface area contributed by atoms with E-state index in [2.05, 4.69) is 43.0 Å². The van der Waals surface area contributed by atoms with E-state index in [0.29, 0.717) is 17.8 Å². The molecule has 4 heteroatoms. The molecule has 1 aromatic rings. The highest BCUT2D eigenvalue weighted by Gasteiger charge is 2.25. The van der Waals surface area contributed by atoms with Crippen molar-refractivity contribution in [3.63, 3.8) is 0 Å². The maximum Gasteiger partial charge on any atom is 0.319 e. The van der Waals surface area contributed by atoms with Gasteiger partial charge in [-0.2, -0.15) is 0 Å². The molecule has 2 rings (SSSR count). The molecular formula is C15H21NO2S. The lowest BCUT2D eigenvalue weighted by molar-refractivity contribution is -0.142. The first-order chi connectivity index (χ1) is 9.10. The van der Waals surface area contributed by atoms with E-state index in [9.17, 15) is 4.79 Å². The summed E-state index contributed by atoms with van der Waals surface area (Å²) in [5.74, 6) is -0.158. The summed E-state index contributed by atoms with van der Waals surface area (Å²) in [7, 11) is 1.45. The van der Waals surface area contributed by atoms with Gasteiger partial charge in [-0.05, 0) is 31.9 Å². The largest absolute Gasteiger partial charge is 0.468 e. The monoisotopic (exact) mass is 279 g/mol. The molecule has 1 unspecified atom stereocenters. The first kappa shape index (κ1) is 14.4. The van der Waals surface area contributed by atoms with Crippen molar-refractivity contribution in [2.75, 3.05) is 20.2 Å². The second kappa shape index (κ2) is 6.44. The van der Waals surface area contributed by atoms with Gasteiger partial charge in [0.1, 0.15) is 0 Å². The SMILES string of the molecule is COC(=O)CN(CC1Cc2ccccc2S1)C(C)C. The fraction of sp³-hybridized carbons (Fsp3) is 0.533. The van der Waals surface area contributed by atoms with Crippen LogP contribution in [0.1, 0.15) is 19.4 Å². The number of benzene rings is 1. The van der Waals surface area contributed by atoms with Crippen molar-refractivity contribution >= 4 is 17.7 Å². The fourth-order valence-electron chi connectivity index (χ4n) is 2.31. The maximum absolute atomic E-state index is 11.4. The van der Waals surface area contributed by atoms with Crippen molar-refractivity contribution in [1.82, 2.24) is 4.90 Å². The summed E-state index contributed by atoms with van der Waals surface area (Å²) >= 11 is 1.92. The summed E-state index contributed by atoms with van der Waals surface area (Å²) in [6.07, 6.45) is 1.09. The molecule has 0 aromatic heterocycles. The van der Waals surface area contributed by atoms with Gasteiger partial charge in [-0.25, -0.2) is 0 Å². The van der Waals surface area contributed by atoms with Gasteiger partial charge in [-0.15, -0.1) is 11.8 Å². The van der Waals surface area contributed by atoms with Gasteiger partial charge in [0.25, 0.3) is 0 Å². The number of esters is 1. The smallest absolute Gasteiger partial charge is 0.319 e. The minimum atomic E-state index is -0.158. The number of thioether (sulfide) groups is 1. The van der Waals surface area contributed by atoms with Crippen LogP contribution < -0.4 is 0 Å². The first-order valence-electron chi connectivity index (χ1n) is 6.65. The molecule has 1 atom stereocenters. The topological polar surface area (TPSA) is 29.5 Å². The van der Waals surface area contributed by atoms with Crippen molar-refractivity contribution in [3.05, 3.63) is 29.8 Å². The minimum Gasteiger partial charge on any atom is -0.468 e. The molecule has 0 saturated heterocycles. The summed E-state index contributed by atoms with van der Waals surface area (Å²) in [5, 5.41) is 0.532. The summed E-state index contributed by atoms with van der Waals surface area (Å²) < 4.78 is 4.77. The molecule has 1 aliphatic rings. The van der Waals surface area contributed by atoms with E-state index in [4.69, 9.17) is 4.74 Å². The lowest BCUT2D eigenvalue weighted by Gasteiger charge is -2.27. The van der Waals surface area contributed by atoms with E-state index in [-0.39, 0.29) is 5.97 Å². The molecule has 0 fully saturated rings. The number of nitrogens with zero attached hydrogens (tertiary/aromatic N) is 1. The Morgan fingerprint density at radius 1 is 1.47 bits per heavy atom. The Morgan fingerprint density at radius 3 is 2.84 bits per heavy atom. The van der Waals surface area contributed by atoms with Crippen molar-refractivity contribution in [2.24, 2.45) is 0 Å². The van der Waals surface area contributed by atoms with Gasteiger partial charge in [0.05, 0.1) is 13.7 Å². The van der Waals surface area contributed by atoms with E-state index < -0.39 is 0 Å². The Kier molecular flexibility index (Phi) is 4.88. The number of methoxy groups -OCH3 is 1. The third-order valence-electron chi connectivity index (χ3n) is 3.44. The highest BCUT2D eigenvalue weighted by atomic mass is 32.2. The third-order valence-corrected chi connectivity index (χ3v) is 4.74. The van der Waals surface area contributed by atoms with Gasteiger partial charge in [-0.3, -0.25) is 9.69 Å². The van der Waals surface area contributed by atoms with Gasteiger partial charge < -0.3 is 4.74 Å². The van der Waals surface area contributed by atoms with E-state index in [1.165, 1.54) is 17.6 Å². The van der Waals surface area contributed by atoms with Crippen LogP contribution in [0.5, 0.6) is 0 Å². The van der Waals surface area contributed by atoms with Gasteiger partial charge >= 0.3 is 5.97 Å². The summed E-state index contributed by atoms with van der Waals surface area (Å²) in [5.41, 5.74) is 1.43. The number of ether oxygens (including phenoxy) is 1. The molecule has 0 radical (unpaired) electrons. The lowest BCUT2D eigenvalue weighted by Crippen LogP contribution is -2.40. The van der Waals surface area contributed by atoms with Crippen molar-refractivity contribution in [3.8, 4) is 0 Å². The maximum atomic E-state index is 11.4. The fourth-order valence-corrected chi connectivity index (χ4v) is 3.65. The van der Waals surface area contributed by atoms with Crippen LogP contribution in [-0.2, 0) is 16.0 Å². The second-order valence-corrected chi connectivity index (χ2v) is 6.49. The Morgan fingerprint density at radius 2 is 2.21 bits per heavy atom. The van der Waals surface area contributed by atoms with Crippen molar-refractivity contribution < 1.29 is 9.53 Å². The quantitative estimate of drug-likeness (QED) is 0.775. The Hall–Kier alpha value is -1.00. The number of carbonyl (C=O) groups excluding carboxylic acids is 1. The number of carbonyl (C=O) groups is 1. The van der Waals surface area contributed by atoms with Crippen LogP contribution in [0.15, 0.2) is 29.2 Å². The van der Waals surface area contributed by atoms with Crippen LogP contribution in [0.4, 0.5) is 0 Å². The van der Waals surface area contributed by atoms with Gasteiger partial charge in [0, 0.05) is 22.7 Å². The average Bonchev–Trinajstić information content (AvgIpc) is 2.79. The highest BCUT2D eigenvalue weighted by molar-refractivity contribution is 8.00. The Balaban J connectivity index is 1.95. The zero-order valence-corrected chi connectivity index (χ0v) is 12.6. The number of hydrogen-bond acceptors (Lipinski definition) is 4. The van der Waals surface area contributed by atoms with Gasteiger partial charge in [0.2, 0.25) is 0 Å². The van der Waals surface area contributed by atoms with Crippen LogP contribution >= 0.6 is 11.8 Å². The molecule has 19 heavy (non-hydrogen) atoms. The number of rotatable bonds is 5. The number of hydrogen-bond donors (Lipinski definition) is 0. The van der Waals surface area contributed by atoms with Crippen LogP contribution in [0.25, 0.3) is 0 Å². The van der Waals surface area contributed by atoms with E-state index >= 15 is 0 Å². The van der Waals surface area contributed by atoms with Crippen LogP contribution in [-0.4, -0.2) is 42.4 Å². The molecule has 0 N–H and O–H groups in total. The van der Waals surface area contributed by atoms with E-state index in [0.717, 1.165) is 13.0 Å². The molecule has 0 aliphatic carbocycles. The summed E-state index contributed by atoms with van der Waals surface area (Å²) in [6.45, 7) is 5.54. The van der Waals surface area contributed by atoms with E-state index in [1.54, 1.807) is 0 Å². The third kappa shape index (κ3) is 3.74. The Bertz CT molecular complexity index is 423. The normalized spacial score (nSPS) is 17.8. The first-order valence-corrected chi connectivity index (χ1v) is 7.53. The molecule has 0 amide bonds. The van der Waals surface area contributed by atoms with Crippen LogP contribution in [0.3, 0.4) is 0 Å². The molecular weight excluding hydrogens is 258 g/mol. The molecule has 104 valence electrons. The van der Waals surface area contributed by atoms with Crippen LogP contribution in [0, 0.1) is 0 Å². The standard InChI is InChI=1S/C15H21NO2S/c1-11(2)16(10-15(17)18-3)9-13-8-12-6-4-5-7-14(12)19-13/h4-7,11,13H,8-10H2,1-3H3. The summed E-state index contributed by atoms with van der Waals surface area (Å²) in [4.78, 5) is 15.0. The molecule has 1 aliphatic heterocycles. The average molecular weight is 279 g/mol. The minimum absolute atomic E-state index is 0.158. The predicted octanol–water partition coefficient (Wildman–Crippen LogP) is 2.59. The Labute approximate surface area is 119 Å². The summed E-state index contributed by atoms with van der Waals surface area (Å²) in [6, 6.07) is 8.91. The van der Waals surface area contributed by atoms with E-state index in [1.807, 2.05) is 11.8 Å². The van der Waals surface area contributed by atoms with Gasteiger partial charge in [0.15, 0.2) is 0 Å². The van der Waals surface area contributed by atoms with Gasteiger partial charge in [-0.1, -0.05) is 18.2 Å². The van der Waals surface area contributed by atoms with Crippen LogP contribution in [0.2, 0.25) is 0 Å². The number of fused-ring (bicyclic) bond motifs is 1. The molecule has 1 aromatic carbocycles. The zero-order chi connectivity index (χ0) is 13.8. The highest BCUT2D eigenvalue weighted by Crippen LogP contribution is 2.37. The molecule has 3 nitrogen and oxygen atoms in total. The second-order valence-electron chi connectivity index (χ2n) is 5.15. The molecule has 0 bridgehead atoms. The molecule has 1 heterocycles.